The lowest BCUT2D eigenvalue weighted by atomic mass is 10.1. The smallest absolute Gasteiger partial charge is 0.350 e. The summed E-state index contributed by atoms with van der Waals surface area (Å²) in [6.45, 7) is 7.09. The quantitative estimate of drug-likeness (QED) is 0.0164. The first-order chi connectivity index (χ1) is 24.8. The SMILES string of the molecule is C=CC(=O)OCCCCCCCCCCCOc1ccc(-c2ccc(OC(=O)c3cc(N)c(OCCCCCCCC)cc3[N+](=O)[O-])cc2)cc1. The zero-order valence-electron chi connectivity index (χ0n) is 30.1. The molecule has 0 saturated heterocycles. The highest BCUT2D eigenvalue weighted by molar-refractivity contribution is 5.97. The number of hydrogen-bond donors (Lipinski definition) is 1. The molecule has 0 fully saturated rings. The molecule has 0 bridgehead atoms. The van der Waals surface area contributed by atoms with Crippen LogP contribution in [0, 0.1) is 10.1 Å². The first-order valence-electron chi connectivity index (χ1n) is 18.4. The number of nitro benzene ring substituents is 1. The largest absolute Gasteiger partial charge is 0.494 e. The van der Waals surface area contributed by atoms with Gasteiger partial charge in [0, 0.05) is 6.08 Å². The minimum atomic E-state index is -0.873. The maximum absolute atomic E-state index is 13.0. The molecule has 0 radical (unpaired) electrons. The zero-order chi connectivity index (χ0) is 36.7. The van der Waals surface area contributed by atoms with Gasteiger partial charge in [0.15, 0.2) is 0 Å². The summed E-state index contributed by atoms with van der Waals surface area (Å²) in [6.07, 6.45) is 17.8. The molecule has 3 aromatic carbocycles. The van der Waals surface area contributed by atoms with Gasteiger partial charge in [0.2, 0.25) is 0 Å². The maximum atomic E-state index is 13.0. The standard InChI is InChI=1S/C41H54N2O8/c1-3-5-6-7-13-17-28-49-39-31-38(43(46)47)36(30-37(39)42)41(45)51-35-25-21-33(22-26-35)32-19-23-34(24-20-32)48-27-16-14-11-9-8-10-12-15-18-29-50-40(44)4-2/h4,19-26,30-31H,2-3,5-18,27-29,42H2,1H3. The van der Waals surface area contributed by atoms with Gasteiger partial charge in [-0.25, -0.2) is 9.59 Å². The van der Waals surface area contributed by atoms with Crippen molar-refractivity contribution in [2.45, 2.75) is 103 Å². The van der Waals surface area contributed by atoms with Crippen LogP contribution >= 0.6 is 0 Å². The Balaban J connectivity index is 1.38. The fraction of sp³-hybridized carbons (Fsp3) is 0.463. The van der Waals surface area contributed by atoms with Crippen molar-refractivity contribution in [1.29, 1.82) is 0 Å². The Hall–Kier alpha value is -4.86. The van der Waals surface area contributed by atoms with Crippen LogP contribution in [0.25, 0.3) is 11.1 Å². The molecule has 276 valence electrons. The Kier molecular flexibility index (Phi) is 18.7. The number of esters is 2. The molecule has 0 heterocycles. The summed E-state index contributed by atoms with van der Waals surface area (Å²) in [4.78, 5) is 35.2. The molecule has 0 saturated carbocycles. The third-order valence-electron chi connectivity index (χ3n) is 8.52. The second-order valence-corrected chi connectivity index (χ2v) is 12.6. The maximum Gasteiger partial charge on any atom is 0.350 e. The van der Waals surface area contributed by atoms with Crippen molar-refractivity contribution >= 4 is 23.3 Å². The average Bonchev–Trinajstić information content (AvgIpc) is 3.13. The van der Waals surface area contributed by atoms with Gasteiger partial charge in [-0.3, -0.25) is 10.1 Å². The lowest BCUT2D eigenvalue weighted by Gasteiger charge is -2.11. The highest BCUT2D eigenvalue weighted by atomic mass is 16.6. The molecule has 0 aliphatic rings. The fourth-order valence-corrected chi connectivity index (χ4v) is 5.57. The molecule has 3 aromatic rings. The van der Waals surface area contributed by atoms with Crippen LogP contribution < -0.4 is 19.9 Å². The summed E-state index contributed by atoms with van der Waals surface area (Å²) >= 11 is 0. The van der Waals surface area contributed by atoms with E-state index in [9.17, 15) is 19.7 Å². The average molecular weight is 703 g/mol. The van der Waals surface area contributed by atoms with Gasteiger partial charge in [0.05, 0.1) is 36.5 Å². The van der Waals surface area contributed by atoms with Crippen LogP contribution in [0.3, 0.4) is 0 Å². The number of benzene rings is 3. The van der Waals surface area contributed by atoms with E-state index in [1.54, 1.807) is 12.1 Å². The number of ether oxygens (including phenoxy) is 4. The number of nitrogens with two attached hydrogens (primary N) is 1. The lowest BCUT2D eigenvalue weighted by Crippen LogP contribution is -2.12. The van der Waals surface area contributed by atoms with E-state index in [4.69, 9.17) is 24.7 Å². The Bertz CT molecular complexity index is 1510. The van der Waals surface area contributed by atoms with Gasteiger partial charge in [-0.05, 0) is 60.7 Å². The first kappa shape index (κ1) is 40.6. The van der Waals surface area contributed by atoms with Crippen LogP contribution in [-0.4, -0.2) is 36.7 Å². The molecule has 0 amide bonds. The molecular formula is C41H54N2O8. The van der Waals surface area contributed by atoms with Crippen molar-refractivity contribution in [3.8, 4) is 28.4 Å². The van der Waals surface area contributed by atoms with E-state index < -0.39 is 16.6 Å². The normalized spacial score (nSPS) is 10.8. The number of anilines is 1. The van der Waals surface area contributed by atoms with E-state index in [1.165, 1.54) is 63.2 Å². The number of carbonyl (C=O) groups excluding carboxylic acids is 2. The highest BCUT2D eigenvalue weighted by Crippen LogP contribution is 2.33. The van der Waals surface area contributed by atoms with Gasteiger partial charge in [-0.2, -0.15) is 0 Å². The third kappa shape index (κ3) is 15.3. The predicted molar refractivity (Wildman–Crippen MR) is 201 cm³/mol. The minimum absolute atomic E-state index is 0.142. The topological polar surface area (TPSA) is 140 Å². The molecular weight excluding hydrogens is 648 g/mol. The van der Waals surface area contributed by atoms with Gasteiger partial charge in [-0.15, -0.1) is 0 Å². The van der Waals surface area contributed by atoms with Crippen molar-refractivity contribution < 1.29 is 33.5 Å². The summed E-state index contributed by atoms with van der Waals surface area (Å²) < 4.78 is 22.1. The predicted octanol–water partition coefficient (Wildman–Crippen LogP) is 10.4. The Morgan fingerprint density at radius 3 is 1.73 bits per heavy atom. The molecule has 10 heteroatoms. The monoisotopic (exact) mass is 702 g/mol. The number of carbonyl (C=O) groups is 2. The van der Waals surface area contributed by atoms with E-state index in [1.807, 2.05) is 36.4 Å². The Labute approximate surface area is 302 Å². The number of unbranched alkanes of at least 4 members (excludes halogenated alkanes) is 13. The van der Waals surface area contributed by atoms with Gasteiger partial charge in [0.1, 0.15) is 22.8 Å². The first-order valence-corrected chi connectivity index (χ1v) is 18.4. The third-order valence-corrected chi connectivity index (χ3v) is 8.52. The number of nitrogens with zero attached hydrogens (tertiary/aromatic N) is 1. The van der Waals surface area contributed by atoms with E-state index in [-0.39, 0.29) is 28.7 Å². The van der Waals surface area contributed by atoms with E-state index >= 15 is 0 Å². The van der Waals surface area contributed by atoms with Crippen LogP contribution in [0.5, 0.6) is 17.2 Å². The molecule has 0 aliphatic heterocycles. The minimum Gasteiger partial charge on any atom is -0.494 e. The van der Waals surface area contributed by atoms with Crippen LogP contribution in [-0.2, 0) is 9.53 Å². The fourth-order valence-electron chi connectivity index (χ4n) is 5.57. The van der Waals surface area contributed by atoms with Gasteiger partial charge >= 0.3 is 11.9 Å². The van der Waals surface area contributed by atoms with E-state index in [0.717, 1.165) is 68.2 Å². The molecule has 0 aliphatic carbocycles. The molecule has 3 rings (SSSR count). The second kappa shape index (κ2) is 23.5. The van der Waals surface area contributed by atoms with E-state index in [0.29, 0.717) is 19.8 Å². The van der Waals surface area contributed by atoms with Crippen molar-refractivity contribution in [1.82, 2.24) is 0 Å². The number of hydrogen-bond acceptors (Lipinski definition) is 9. The lowest BCUT2D eigenvalue weighted by molar-refractivity contribution is -0.385. The van der Waals surface area contributed by atoms with Crippen molar-refractivity contribution in [2.75, 3.05) is 25.6 Å². The van der Waals surface area contributed by atoms with Gasteiger partial charge in [-0.1, -0.05) is 115 Å². The molecule has 10 nitrogen and oxygen atoms in total. The Morgan fingerprint density at radius 1 is 0.706 bits per heavy atom. The van der Waals surface area contributed by atoms with Crippen molar-refractivity contribution in [3.05, 3.63) is 89.0 Å². The Morgan fingerprint density at radius 2 is 1.20 bits per heavy atom. The molecule has 0 spiro atoms. The summed E-state index contributed by atoms with van der Waals surface area (Å²) in [5, 5.41) is 11.8. The zero-order valence-corrected chi connectivity index (χ0v) is 30.1. The van der Waals surface area contributed by atoms with Crippen molar-refractivity contribution in [3.63, 3.8) is 0 Å². The number of rotatable bonds is 26. The van der Waals surface area contributed by atoms with E-state index in [2.05, 4.69) is 13.5 Å². The molecule has 2 N–H and O–H groups in total. The molecule has 0 unspecified atom stereocenters. The summed E-state index contributed by atoms with van der Waals surface area (Å²) in [5.74, 6) is 0.0226. The van der Waals surface area contributed by atoms with Crippen LogP contribution in [0.15, 0.2) is 73.3 Å². The van der Waals surface area contributed by atoms with Crippen molar-refractivity contribution in [2.24, 2.45) is 0 Å². The highest BCUT2D eigenvalue weighted by Gasteiger charge is 2.25. The second-order valence-electron chi connectivity index (χ2n) is 12.6. The van der Waals surface area contributed by atoms with Gasteiger partial charge in [0.25, 0.3) is 5.69 Å². The van der Waals surface area contributed by atoms with Crippen LogP contribution in [0.2, 0.25) is 0 Å². The van der Waals surface area contributed by atoms with Gasteiger partial charge < -0.3 is 24.7 Å². The summed E-state index contributed by atoms with van der Waals surface area (Å²) in [5.41, 5.74) is 7.48. The number of nitrogen functional groups attached to an aromatic ring is 1. The van der Waals surface area contributed by atoms with Crippen LogP contribution in [0.4, 0.5) is 11.4 Å². The summed E-state index contributed by atoms with van der Waals surface area (Å²) in [6, 6.07) is 17.2. The molecule has 0 atom stereocenters. The summed E-state index contributed by atoms with van der Waals surface area (Å²) in [7, 11) is 0. The van der Waals surface area contributed by atoms with Crippen LogP contribution in [0.1, 0.15) is 114 Å². The number of nitro groups is 1. The molecule has 51 heavy (non-hydrogen) atoms. The molecule has 0 aromatic heterocycles.